The first-order valence-corrected chi connectivity index (χ1v) is 6.48. The first kappa shape index (κ1) is 12.6. The zero-order valence-electron chi connectivity index (χ0n) is 10.0. The van der Waals surface area contributed by atoms with Crippen molar-refractivity contribution in [2.24, 2.45) is 0 Å². The van der Waals surface area contributed by atoms with E-state index in [4.69, 9.17) is 5.11 Å². The minimum atomic E-state index is -1.18. The molecule has 0 bridgehead atoms. The Morgan fingerprint density at radius 1 is 1.20 bits per heavy atom. The Balaban J connectivity index is 2.10. The molecule has 0 atom stereocenters. The van der Waals surface area contributed by atoms with Gasteiger partial charge in [0.25, 0.3) is 0 Å². The highest BCUT2D eigenvalue weighted by atomic mass is 32.2. The van der Waals surface area contributed by atoms with Crippen molar-refractivity contribution >= 4 is 23.4 Å². The molecular formula is C13H8FN3O2S. The van der Waals surface area contributed by atoms with E-state index in [1.165, 1.54) is 18.2 Å². The molecule has 100 valence electrons. The monoisotopic (exact) mass is 289 g/mol. The number of nitrogens with zero attached hydrogens (tertiary/aromatic N) is 3. The second-order valence-corrected chi connectivity index (χ2v) is 4.91. The number of fused-ring (bicyclic) bond motifs is 1. The largest absolute Gasteiger partial charge is 0.478 e. The van der Waals surface area contributed by atoms with E-state index in [1.807, 2.05) is 6.07 Å². The van der Waals surface area contributed by atoms with Gasteiger partial charge in [-0.1, -0.05) is 12.1 Å². The van der Waals surface area contributed by atoms with Gasteiger partial charge >= 0.3 is 5.97 Å². The Morgan fingerprint density at radius 3 is 2.85 bits per heavy atom. The number of carboxylic acid groups (broad SMARTS) is 1. The highest BCUT2D eigenvalue weighted by Gasteiger charge is 2.18. The summed E-state index contributed by atoms with van der Waals surface area (Å²) in [5, 5.41) is 17.4. The number of hydrogen-bond donors (Lipinski definition) is 1. The van der Waals surface area contributed by atoms with Crippen LogP contribution in [0.25, 0.3) is 5.65 Å². The lowest BCUT2D eigenvalue weighted by atomic mass is 10.2. The quantitative estimate of drug-likeness (QED) is 0.803. The van der Waals surface area contributed by atoms with E-state index in [0.717, 1.165) is 11.8 Å². The van der Waals surface area contributed by atoms with Gasteiger partial charge in [-0.3, -0.25) is 4.40 Å². The molecule has 2 heterocycles. The van der Waals surface area contributed by atoms with Gasteiger partial charge in [-0.05, 0) is 36.0 Å². The molecule has 0 radical (unpaired) electrons. The van der Waals surface area contributed by atoms with Crippen molar-refractivity contribution in [1.29, 1.82) is 0 Å². The molecule has 2 aromatic heterocycles. The molecule has 0 aliphatic heterocycles. The highest BCUT2D eigenvalue weighted by Crippen LogP contribution is 2.31. The molecule has 3 rings (SSSR count). The van der Waals surface area contributed by atoms with E-state index >= 15 is 0 Å². The van der Waals surface area contributed by atoms with E-state index in [9.17, 15) is 9.18 Å². The van der Waals surface area contributed by atoms with Crippen LogP contribution in [0, 0.1) is 5.82 Å². The Morgan fingerprint density at radius 2 is 2.05 bits per heavy atom. The molecule has 0 unspecified atom stereocenters. The predicted molar refractivity (Wildman–Crippen MR) is 70.5 cm³/mol. The van der Waals surface area contributed by atoms with Crippen molar-refractivity contribution < 1.29 is 14.3 Å². The molecule has 0 amide bonds. The Kier molecular flexibility index (Phi) is 3.11. The first-order chi connectivity index (χ1) is 9.66. The van der Waals surface area contributed by atoms with Gasteiger partial charge in [0.1, 0.15) is 5.82 Å². The zero-order valence-corrected chi connectivity index (χ0v) is 10.8. The lowest BCUT2D eigenvalue weighted by molar-refractivity contribution is 0.0692. The summed E-state index contributed by atoms with van der Waals surface area (Å²) in [6, 6.07) is 9.31. The van der Waals surface area contributed by atoms with Crippen LogP contribution >= 0.6 is 11.8 Å². The molecular weight excluding hydrogens is 281 g/mol. The van der Waals surface area contributed by atoms with Crippen LogP contribution in [-0.2, 0) is 0 Å². The number of pyridine rings is 1. The number of halogens is 1. The highest BCUT2D eigenvalue weighted by molar-refractivity contribution is 7.99. The topological polar surface area (TPSA) is 67.5 Å². The number of aromatic carboxylic acids is 1. The summed E-state index contributed by atoms with van der Waals surface area (Å²) in [7, 11) is 0. The zero-order chi connectivity index (χ0) is 14.1. The van der Waals surface area contributed by atoms with Gasteiger partial charge in [0.2, 0.25) is 5.16 Å². The molecule has 20 heavy (non-hydrogen) atoms. The van der Waals surface area contributed by atoms with Gasteiger partial charge in [-0.25, -0.2) is 9.18 Å². The van der Waals surface area contributed by atoms with E-state index < -0.39 is 11.8 Å². The lowest BCUT2D eigenvalue weighted by Gasteiger charge is -2.05. The SMILES string of the molecule is O=C(O)c1cccc(F)c1Sc1nnc2ccccn12. The lowest BCUT2D eigenvalue weighted by Crippen LogP contribution is -2.01. The standard InChI is InChI=1S/C13H8FN3O2S/c14-9-5-3-4-8(12(18)19)11(9)20-13-16-15-10-6-1-2-7-17(10)13/h1-7H,(H,18,19). The first-order valence-electron chi connectivity index (χ1n) is 5.66. The molecule has 3 aromatic rings. The van der Waals surface area contributed by atoms with Crippen molar-refractivity contribution in [2.45, 2.75) is 10.1 Å². The van der Waals surface area contributed by atoms with Crippen LogP contribution in [-0.4, -0.2) is 25.7 Å². The minimum absolute atomic E-state index is 0.0261. The molecule has 0 aliphatic carbocycles. The number of rotatable bonds is 3. The fourth-order valence-corrected chi connectivity index (χ4v) is 2.71. The van der Waals surface area contributed by atoms with Crippen LogP contribution in [0.3, 0.4) is 0 Å². The summed E-state index contributed by atoms with van der Waals surface area (Å²) in [6.45, 7) is 0. The average molecular weight is 289 g/mol. The maximum atomic E-state index is 13.9. The number of aromatic nitrogens is 3. The van der Waals surface area contributed by atoms with E-state index in [-0.39, 0.29) is 10.5 Å². The van der Waals surface area contributed by atoms with E-state index in [1.54, 1.807) is 22.7 Å². The van der Waals surface area contributed by atoms with Gasteiger partial charge in [-0.2, -0.15) is 0 Å². The summed E-state index contributed by atoms with van der Waals surface area (Å²) in [5.41, 5.74) is 0.519. The van der Waals surface area contributed by atoms with E-state index in [2.05, 4.69) is 10.2 Å². The van der Waals surface area contributed by atoms with Crippen molar-refractivity contribution in [2.75, 3.05) is 0 Å². The normalized spacial score (nSPS) is 10.8. The maximum absolute atomic E-state index is 13.9. The smallest absolute Gasteiger partial charge is 0.336 e. The molecule has 0 spiro atoms. The predicted octanol–water partition coefficient (Wildman–Crippen LogP) is 2.72. The molecule has 0 saturated heterocycles. The third-order valence-corrected chi connectivity index (χ3v) is 3.75. The Bertz CT molecular complexity index is 803. The number of carbonyl (C=O) groups is 1. The second-order valence-electron chi connectivity index (χ2n) is 3.94. The molecule has 0 saturated carbocycles. The third kappa shape index (κ3) is 2.12. The van der Waals surface area contributed by atoms with E-state index in [0.29, 0.717) is 10.8 Å². The molecule has 5 nitrogen and oxygen atoms in total. The van der Waals surface area contributed by atoms with Crippen LogP contribution in [0.4, 0.5) is 4.39 Å². The van der Waals surface area contributed by atoms with Gasteiger partial charge in [-0.15, -0.1) is 10.2 Å². The van der Waals surface area contributed by atoms with Gasteiger partial charge < -0.3 is 5.11 Å². The molecule has 1 aromatic carbocycles. The van der Waals surface area contributed by atoms with Gasteiger partial charge in [0.15, 0.2) is 5.65 Å². The fraction of sp³-hybridized carbons (Fsp3) is 0. The van der Waals surface area contributed by atoms with Crippen molar-refractivity contribution in [3.63, 3.8) is 0 Å². The summed E-state index contributed by atoms with van der Waals surface area (Å²) < 4.78 is 15.5. The van der Waals surface area contributed by atoms with Crippen LogP contribution in [0.2, 0.25) is 0 Å². The maximum Gasteiger partial charge on any atom is 0.336 e. The minimum Gasteiger partial charge on any atom is -0.478 e. The number of hydrogen-bond acceptors (Lipinski definition) is 4. The Hall–Kier alpha value is -2.41. The van der Waals surface area contributed by atoms with Crippen molar-refractivity contribution in [3.8, 4) is 0 Å². The summed E-state index contributed by atoms with van der Waals surface area (Å²) >= 11 is 0.939. The Labute approximate surface area is 117 Å². The summed E-state index contributed by atoms with van der Waals surface area (Å²) in [4.78, 5) is 11.2. The van der Waals surface area contributed by atoms with Crippen LogP contribution < -0.4 is 0 Å². The van der Waals surface area contributed by atoms with Crippen LogP contribution in [0.5, 0.6) is 0 Å². The van der Waals surface area contributed by atoms with Gasteiger partial charge in [0.05, 0.1) is 10.5 Å². The van der Waals surface area contributed by atoms with Crippen molar-refractivity contribution in [3.05, 3.63) is 54.0 Å². The third-order valence-electron chi connectivity index (χ3n) is 2.67. The van der Waals surface area contributed by atoms with Crippen molar-refractivity contribution in [1.82, 2.24) is 14.6 Å². The molecule has 1 N–H and O–H groups in total. The van der Waals surface area contributed by atoms with Gasteiger partial charge in [0, 0.05) is 6.20 Å². The fourth-order valence-electron chi connectivity index (χ4n) is 1.76. The molecule has 0 fully saturated rings. The van der Waals surface area contributed by atoms with Crippen LogP contribution in [0.1, 0.15) is 10.4 Å². The van der Waals surface area contributed by atoms with Crippen LogP contribution in [0.15, 0.2) is 52.6 Å². The summed E-state index contributed by atoms with van der Waals surface area (Å²) in [6.07, 6.45) is 1.74. The summed E-state index contributed by atoms with van der Waals surface area (Å²) in [5.74, 6) is -1.77. The number of benzene rings is 1. The molecule has 7 heteroatoms. The second kappa shape index (κ2) is 4.93. The average Bonchev–Trinajstić information content (AvgIpc) is 2.84. The number of carboxylic acids is 1. The molecule has 0 aliphatic rings.